The van der Waals surface area contributed by atoms with Gasteiger partial charge in [0, 0.05) is 44.1 Å². The Bertz CT molecular complexity index is 1140. The quantitative estimate of drug-likeness (QED) is 0.464. The Hall–Kier alpha value is -4.13. The van der Waals surface area contributed by atoms with E-state index in [-0.39, 0.29) is 11.7 Å². The van der Waals surface area contributed by atoms with Gasteiger partial charge < -0.3 is 19.6 Å². The summed E-state index contributed by atoms with van der Waals surface area (Å²) in [5, 5.41) is 9.78. The average molecular weight is 443 g/mol. The third-order valence-electron chi connectivity index (χ3n) is 5.47. The zero-order valence-electron chi connectivity index (χ0n) is 18.5. The van der Waals surface area contributed by atoms with Gasteiger partial charge in [0.2, 0.25) is 5.95 Å². The standard InChI is InChI=1S/C26H26N4O3/c1-33-24-19-20(11-12-23(24)31)7-5-10-22(21-8-3-2-4-9-21)25(32)29-15-17-30(18-16-29)26-27-13-6-14-28-26/h2-14,19,31H,15-18H2,1H3/b7-5+,22-10+. The molecule has 2 aromatic carbocycles. The largest absolute Gasteiger partial charge is 0.504 e. The highest BCUT2D eigenvalue weighted by Crippen LogP contribution is 2.27. The molecule has 1 aliphatic rings. The van der Waals surface area contributed by atoms with E-state index in [1.54, 1.807) is 36.7 Å². The maximum Gasteiger partial charge on any atom is 0.254 e. The number of amides is 1. The minimum atomic E-state index is -0.0113. The number of methoxy groups -OCH3 is 1. The fourth-order valence-electron chi connectivity index (χ4n) is 3.70. The van der Waals surface area contributed by atoms with Crippen molar-refractivity contribution in [2.24, 2.45) is 0 Å². The van der Waals surface area contributed by atoms with Crippen LogP contribution in [-0.4, -0.2) is 59.2 Å². The highest BCUT2D eigenvalue weighted by molar-refractivity contribution is 6.19. The summed E-state index contributed by atoms with van der Waals surface area (Å²) in [6, 6.07) is 16.6. The number of benzene rings is 2. The van der Waals surface area contributed by atoms with Crippen molar-refractivity contribution < 1.29 is 14.6 Å². The van der Waals surface area contributed by atoms with Crippen LogP contribution in [0.5, 0.6) is 11.5 Å². The van der Waals surface area contributed by atoms with E-state index in [0.29, 0.717) is 43.4 Å². The first-order chi connectivity index (χ1) is 16.2. The topological polar surface area (TPSA) is 78.8 Å². The van der Waals surface area contributed by atoms with Crippen molar-refractivity contribution in [2.75, 3.05) is 38.2 Å². The number of carbonyl (C=O) groups excluding carboxylic acids is 1. The van der Waals surface area contributed by atoms with Gasteiger partial charge in [-0.2, -0.15) is 0 Å². The lowest BCUT2D eigenvalue weighted by Gasteiger charge is -2.35. The molecule has 1 fully saturated rings. The Morgan fingerprint density at radius 1 is 1.00 bits per heavy atom. The molecule has 0 saturated carbocycles. The van der Waals surface area contributed by atoms with Crippen molar-refractivity contribution in [3.63, 3.8) is 0 Å². The van der Waals surface area contributed by atoms with Crippen LogP contribution in [0.15, 0.2) is 79.1 Å². The first-order valence-electron chi connectivity index (χ1n) is 10.8. The van der Waals surface area contributed by atoms with E-state index in [1.807, 2.05) is 53.5 Å². The maximum absolute atomic E-state index is 13.5. The third kappa shape index (κ3) is 5.38. The van der Waals surface area contributed by atoms with E-state index in [1.165, 1.54) is 7.11 Å². The molecule has 1 N–H and O–H groups in total. The number of rotatable bonds is 6. The molecule has 168 valence electrons. The summed E-state index contributed by atoms with van der Waals surface area (Å²) in [7, 11) is 1.51. The zero-order valence-corrected chi connectivity index (χ0v) is 18.5. The molecule has 0 aliphatic carbocycles. The Kier molecular flexibility index (Phi) is 6.99. The number of phenolic OH excluding ortho intramolecular Hbond substituents is 1. The number of piperazine rings is 1. The van der Waals surface area contributed by atoms with Crippen molar-refractivity contribution >= 4 is 23.5 Å². The second-order valence-corrected chi connectivity index (χ2v) is 7.56. The van der Waals surface area contributed by atoms with Crippen LogP contribution in [0.1, 0.15) is 11.1 Å². The van der Waals surface area contributed by atoms with Gasteiger partial charge in [0.25, 0.3) is 5.91 Å². The van der Waals surface area contributed by atoms with Gasteiger partial charge in [-0.05, 0) is 35.4 Å². The molecule has 3 aromatic rings. The molecule has 0 atom stereocenters. The van der Waals surface area contributed by atoms with Gasteiger partial charge >= 0.3 is 0 Å². The minimum absolute atomic E-state index is 0.0113. The van der Waals surface area contributed by atoms with Crippen LogP contribution in [0.4, 0.5) is 5.95 Å². The first kappa shape index (κ1) is 22.1. The molecule has 2 heterocycles. The van der Waals surface area contributed by atoms with E-state index in [0.717, 1.165) is 11.1 Å². The summed E-state index contributed by atoms with van der Waals surface area (Å²) in [4.78, 5) is 26.0. The Labute approximate surface area is 193 Å². The zero-order chi connectivity index (χ0) is 23.0. The monoisotopic (exact) mass is 442 g/mol. The maximum atomic E-state index is 13.5. The molecule has 4 rings (SSSR count). The summed E-state index contributed by atoms with van der Waals surface area (Å²) in [5.74, 6) is 1.17. The lowest BCUT2D eigenvalue weighted by molar-refractivity contribution is -0.125. The molecule has 0 spiro atoms. The van der Waals surface area contributed by atoms with Crippen molar-refractivity contribution in [3.8, 4) is 11.5 Å². The molecule has 1 amide bonds. The van der Waals surface area contributed by atoms with Gasteiger partial charge in [-0.25, -0.2) is 9.97 Å². The van der Waals surface area contributed by atoms with Crippen molar-refractivity contribution in [1.82, 2.24) is 14.9 Å². The van der Waals surface area contributed by atoms with Crippen molar-refractivity contribution in [2.45, 2.75) is 0 Å². The SMILES string of the molecule is COc1cc(/C=C/C=C(/C(=O)N2CCN(c3ncccn3)CC2)c2ccccc2)ccc1O. The number of nitrogens with zero attached hydrogens (tertiary/aromatic N) is 4. The molecular formula is C26H26N4O3. The number of carbonyl (C=O) groups is 1. The minimum Gasteiger partial charge on any atom is -0.504 e. The van der Waals surface area contributed by atoms with Crippen LogP contribution in [0.25, 0.3) is 11.6 Å². The second-order valence-electron chi connectivity index (χ2n) is 7.56. The average Bonchev–Trinajstić information content (AvgIpc) is 2.88. The van der Waals surface area contributed by atoms with Gasteiger partial charge in [-0.1, -0.05) is 48.6 Å². The summed E-state index contributed by atoms with van der Waals surface area (Å²) in [6.45, 7) is 2.56. The van der Waals surface area contributed by atoms with Crippen molar-refractivity contribution in [3.05, 3.63) is 90.3 Å². The second kappa shape index (κ2) is 10.5. The molecule has 7 heteroatoms. The summed E-state index contributed by atoms with van der Waals surface area (Å²) in [6.07, 6.45) is 9.02. The smallest absolute Gasteiger partial charge is 0.254 e. The van der Waals surface area contributed by atoms with E-state index in [4.69, 9.17) is 4.74 Å². The number of hydrogen-bond acceptors (Lipinski definition) is 6. The van der Waals surface area contributed by atoms with E-state index >= 15 is 0 Å². The Morgan fingerprint density at radius 3 is 2.42 bits per heavy atom. The van der Waals surface area contributed by atoms with Gasteiger partial charge in [-0.15, -0.1) is 0 Å². The third-order valence-corrected chi connectivity index (χ3v) is 5.47. The van der Waals surface area contributed by atoms with Crippen LogP contribution in [-0.2, 0) is 4.79 Å². The summed E-state index contributed by atoms with van der Waals surface area (Å²) < 4.78 is 5.17. The molecule has 1 aromatic heterocycles. The van der Waals surface area contributed by atoms with Crippen molar-refractivity contribution in [1.29, 1.82) is 0 Å². The Balaban J connectivity index is 1.52. The summed E-state index contributed by atoms with van der Waals surface area (Å²) >= 11 is 0. The molecule has 1 saturated heterocycles. The van der Waals surface area contributed by atoms with Crippen LogP contribution >= 0.6 is 0 Å². The van der Waals surface area contributed by atoms with Gasteiger partial charge in [0.05, 0.1) is 7.11 Å². The highest BCUT2D eigenvalue weighted by Gasteiger charge is 2.25. The van der Waals surface area contributed by atoms with Gasteiger partial charge in [0.15, 0.2) is 11.5 Å². The number of aromatic nitrogens is 2. The lowest BCUT2D eigenvalue weighted by atomic mass is 10.0. The molecule has 33 heavy (non-hydrogen) atoms. The van der Waals surface area contributed by atoms with E-state index in [9.17, 15) is 9.90 Å². The normalized spacial score (nSPS) is 14.5. The predicted octanol–water partition coefficient (Wildman–Crippen LogP) is 3.64. The molecule has 1 aliphatic heterocycles. The molecule has 0 unspecified atom stereocenters. The van der Waals surface area contributed by atoms with Crippen LogP contribution in [0, 0.1) is 0 Å². The number of aromatic hydroxyl groups is 1. The van der Waals surface area contributed by atoms with E-state index < -0.39 is 0 Å². The molecule has 0 bridgehead atoms. The van der Waals surface area contributed by atoms with Crippen LogP contribution in [0.2, 0.25) is 0 Å². The fraction of sp³-hybridized carbons (Fsp3) is 0.192. The number of anilines is 1. The van der Waals surface area contributed by atoms with E-state index in [2.05, 4.69) is 14.9 Å². The van der Waals surface area contributed by atoms with Crippen LogP contribution in [0.3, 0.4) is 0 Å². The molecule has 7 nitrogen and oxygen atoms in total. The number of hydrogen-bond donors (Lipinski definition) is 1. The van der Waals surface area contributed by atoms with Crippen LogP contribution < -0.4 is 9.64 Å². The lowest BCUT2D eigenvalue weighted by Crippen LogP contribution is -2.49. The molecular weight excluding hydrogens is 416 g/mol. The van der Waals surface area contributed by atoms with Gasteiger partial charge in [0.1, 0.15) is 0 Å². The van der Waals surface area contributed by atoms with Gasteiger partial charge in [-0.3, -0.25) is 4.79 Å². The number of phenols is 1. The number of allylic oxidation sites excluding steroid dienone is 2. The molecule has 0 radical (unpaired) electrons. The Morgan fingerprint density at radius 2 is 1.73 bits per heavy atom. The predicted molar refractivity (Wildman–Crippen MR) is 129 cm³/mol. The summed E-state index contributed by atoms with van der Waals surface area (Å²) in [5.41, 5.74) is 2.35. The highest BCUT2D eigenvalue weighted by atomic mass is 16.5. The fourth-order valence-corrected chi connectivity index (χ4v) is 3.70. The number of ether oxygens (including phenoxy) is 1. The first-order valence-corrected chi connectivity index (χ1v) is 10.8.